The van der Waals surface area contributed by atoms with Crippen LogP contribution in [0.25, 0.3) is 10.9 Å². The van der Waals surface area contributed by atoms with E-state index >= 15 is 0 Å². The molecule has 134 valence electrons. The van der Waals surface area contributed by atoms with E-state index in [4.69, 9.17) is 14.2 Å². The Labute approximate surface area is 148 Å². The molecule has 0 atom stereocenters. The van der Waals surface area contributed by atoms with Crippen molar-refractivity contribution >= 4 is 10.9 Å². The van der Waals surface area contributed by atoms with E-state index in [0.29, 0.717) is 6.61 Å². The third-order valence-corrected chi connectivity index (χ3v) is 4.90. The lowest BCUT2D eigenvalue weighted by molar-refractivity contribution is 0.0261. The number of likely N-dealkylation sites (tertiary alicyclic amines) is 1. The molecule has 2 aliphatic heterocycles. The topological polar surface area (TPSA) is 56.7 Å². The van der Waals surface area contributed by atoms with Crippen molar-refractivity contribution in [3.8, 4) is 11.5 Å². The number of hydrogen-bond acceptors (Lipinski definition) is 6. The Morgan fingerprint density at radius 1 is 1.16 bits per heavy atom. The molecule has 0 N–H and O–H groups in total. The summed E-state index contributed by atoms with van der Waals surface area (Å²) in [5.74, 6) is 1.62. The normalized spacial score (nSPS) is 19.4. The first-order chi connectivity index (χ1) is 12.4. The van der Waals surface area contributed by atoms with Gasteiger partial charge in [-0.25, -0.2) is 9.97 Å². The highest BCUT2D eigenvalue weighted by Crippen LogP contribution is 2.31. The average Bonchev–Trinajstić information content (AvgIpc) is 3.16. The van der Waals surface area contributed by atoms with Crippen LogP contribution in [0.15, 0.2) is 24.7 Å². The Balaban J connectivity index is 1.48. The molecule has 2 aliphatic rings. The number of aromatic nitrogens is 2. The second-order valence-corrected chi connectivity index (χ2v) is 6.70. The minimum atomic E-state index is 0.178. The Morgan fingerprint density at radius 3 is 2.84 bits per heavy atom. The number of hydrogen-bond donors (Lipinski definition) is 0. The molecule has 0 bridgehead atoms. The van der Waals surface area contributed by atoms with Crippen LogP contribution in [0, 0.1) is 0 Å². The molecule has 2 aromatic rings. The fraction of sp³-hybridized carbons (Fsp3) is 0.579. The van der Waals surface area contributed by atoms with Crippen molar-refractivity contribution in [2.75, 3.05) is 39.5 Å². The van der Waals surface area contributed by atoms with Crippen LogP contribution in [0.2, 0.25) is 0 Å². The predicted octanol–water partition coefficient (Wildman–Crippen LogP) is 2.66. The average molecular weight is 343 g/mol. The smallest absolute Gasteiger partial charge is 0.134 e. The van der Waals surface area contributed by atoms with Crippen LogP contribution in [0.1, 0.15) is 25.7 Å². The van der Waals surface area contributed by atoms with Crippen LogP contribution < -0.4 is 9.47 Å². The summed E-state index contributed by atoms with van der Waals surface area (Å²) in [6.07, 6.45) is 7.98. The van der Waals surface area contributed by atoms with E-state index in [1.807, 2.05) is 18.3 Å². The second-order valence-electron chi connectivity index (χ2n) is 6.70. The maximum Gasteiger partial charge on any atom is 0.134 e. The van der Waals surface area contributed by atoms with Gasteiger partial charge in [-0.3, -0.25) is 4.90 Å². The fourth-order valence-electron chi connectivity index (χ4n) is 3.48. The number of rotatable bonds is 6. The van der Waals surface area contributed by atoms with Crippen molar-refractivity contribution in [1.82, 2.24) is 14.9 Å². The molecule has 6 heteroatoms. The first-order valence-corrected chi connectivity index (χ1v) is 9.22. The van der Waals surface area contributed by atoms with Gasteiger partial charge in [-0.15, -0.1) is 0 Å². The molecule has 0 spiro atoms. The molecular weight excluding hydrogens is 318 g/mol. The number of benzene rings is 1. The van der Waals surface area contributed by atoms with Crippen molar-refractivity contribution in [3.63, 3.8) is 0 Å². The molecular formula is C19H25N3O3. The van der Waals surface area contributed by atoms with Gasteiger partial charge in [0, 0.05) is 37.7 Å². The van der Waals surface area contributed by atoms with E-state index in [9.17, 15) is 0 Å². The predicted molar refractivity (Wildman–Crippen MR) is 95.2 cm³/mol. The van der Waals surface area contributed by atoms with Crippen molar-refractivity contribution in [1.29, 1.82) is 0 Å². The molecule has 25 heavy (non-hydrogen) atoms. The van der Waals surface area contributed by atoms with Gasteiger partial charge >= 0.3 is 0 Å². The standard InChI is InChI=1S/C19H25N3O3/c1-2-6-22(5-1)7-10-24-16-11-18-17(13-20-14-21-18)19(12-16)25-15-3-8-23-9-4-15/h11-15H,1-10H2. The van der Waals surface area contributed by atoms with Crippen molar-refractivity contribution in [3.05, 3.63) is 24.7 Å². The molecule has 3 heterocycles. The first kappa shape index (κ1) is 16.5. The Hall–Kier alpha value is -1.92. The monoisotopic (exact) mass is 343 g/mol. The molecule has 0 amide bonds. The van der Waals surface area contributed by atoms with Crippen LogP contribution in [-0.2, 0) is 4.74 Å². The van der Waals surface area contributed by atoms with Crippen LogP contribution >= 0.6 is 0 Å². The summed E-state index contributed by atoms with van der Waals surface area (Å²) in [6.45, 7) is 5.54. The maximum absolute atomic E-state index is 6.24. The lowest BCUT2D eigenvalue weighted by atomic mass is 10.1. The zero-order valence-corrected chi connectivity index (χ0v) is 14.5. The fourth-order valence-corrected chi connectivity index (χ4v) is 3.48. The van der Waals surface area contributed by atoms with Gasteiger partial charge in [0.25, 0.3) is 0 Å². The summed E-state index contributed by atoms with van der Waals surface area (Å²) in [4.78, 5) is 11.0. The van der Waals surface area contributed by atoms with E-state index in [1.165, 1.54) is 25.9 Å². The Bertz CT molecular complexity index is 697. The number of fused-ring (bicyclic) bond motifs is 1. The van der Waals surface area contributed by atoms with Gasteiger partial charge in [0.2, 0.25) is 0 Å². The number of ether oxygens (including phenoxy) is 3. The summed E-state index contributed by atoms with van der Waals surface area (Å²) in [6, 6.07) is 3.95. The van der Waals surface area contributed by atoms with Gasteiger partial charge in [0.15, 0.2) is 0 Å². The lowest BCUT2D eigenvalue weighted by Gasteiger charge is -2.24. The summed E-state index contributed by atoms with van der Waals surface area (Å²) in [7, 11) is 0. The minimum Gasteiger partial charge on any atom is -0.492 e. The van der Waals surface area contributed by atoms with Gasteiger partial charge in [-0.1, -0.05) is 0 Å². The van der Waals surface area contributed by atoms with Crippen LogP contribution in [-0.4, -0.2) is 60.4 Å². The van der Waals surface area contributed by atoms with Crippen LogP contribution in [0.3, 0.4) is 0 Å². The third-order valence-electron chi connectivity index (χ3n) is 4.90. The van der Waals surface area contributed by atoms with E-state index in [-0.39, 0.29) is 6.10 Å². The zero-order valence-electron chi connectivity index (χ0n) is 14.5. The Kier molecular flexibility index (Phi) is 5.28. The second kappa shape index (κ2) is 7.97. The van der Waals surface area contributed by atoms with E-state index in [0.717, 1.165) is 55.0 Å². The molecule has 6 nitrogen and oxygen atoms in total. The molecule has 4 rings (SSSR count). The van der Waals surface area contributed by atoms with E-state index < -0.39 is 0 Å². The molecule has 1 aromatic heterocycles. The van der Waals surface area contributed by atoms with Gasteiger partial charge in [0.1, 0.15) is 30.5 Å². The van der Waals surface area contributed by atoms with Gasteiger partial charge < -0.3 is 14.2 Å². The summed E-state index contributed by atoms with van der Waals surface area (Å²) < 4.78 is 17.7. The maximum atomic E-state index is 6.24. The summed E-state index contributed by atoms with van der Waals surface area (Å²) >= 11 is 0. The van der Waals surface area contributed by atoms with Gasteiger partial charge in [-0.2, -0.15) is 0 Å². The Morgan fingerprint density at radius 2 is 2.00 bits per heavy atom. The molecule has 2 saturated heterocycles. The molecule has 0 unspecified atom stereocenters. The number of nitrogens with zero attached hydrogens (tertiary/aromatic N) is 3. The molecule has 0 radical (unpaired) electrons. The molecule has 0 saturated carbocycles. The molecule has 1 aromatic carbocycles. The van der Waals surface area contributed by atoms with Crippen molar-refractivity contribution in [2.24, 2.45) is 0 Å². The largest absolute Gasteiger partial charge is 0.492 e. The van der Waals surface area contributed by atoms with Crippen molar-refractivity contribution < 1.29 is 14.2 Å². The highest BCUT2D eigenvalue weighted by Gasteiger charge is 2.18. The first-order valence-electron chi connectivity index (χ1n) is 9.22. The van der Waals surface area contributed by atoms with E-state index in [1.54, 1.807) is 6.33 Å². The molecule has 0 aliphatic carbocycles. The van der Waals surface area contributed by atoms with Gasteiger partial charge in [0.05, 0.1) is 24.1 Å². The van der Waals surface area contributed by atoms with Crippen molar-refractivity contribution in [2.45, 2.75) is 31.8 Å². The van der Waals surface area contributed by atoms with E-state index in [2.05, 4.69) is 14.9 Å². The highest BCUT2D eigenvalue weighted by molar-refractivity contribution is 5.85. The highest BCUT2D eigenvalue weighted by atomic mass is 16.5. The van der Waals surface area contributed by atoms with Gasteiger partial charge in [-0.05, 0) is 25.9 Å². The quantitative estimate of drug-likeness (QED) is 0.804. The summed E-state index contributed by atoms with van der Waals surface area (Å²) in [5.41, 5.74) is 0.857. The van der Waals surface area contributed by atoms with Crippen LogP contribution in [0.4, 0.5) is 0 Å². The lowest BCUT2D eigenvalue weighted by Crippen LogP contribution is -2.26. The minimum absolute atomic E-state index is 0.178. The zero-order chi connectivity index (χ0) is 16.9. The van der Waals surface area contributed by atoms with Crippen LogP contribution in [0.5, 0.6) is 11.5 Å². The third kappa shape index (κ3) is 4.19. The SMILES string of the molecule is c1ncc2c(OC3CCOCC3)cc(OCCN3CCCC3)cc2n1. The molecule has 2 fully saturated rings. The summed E-state index contributed by atoms with van der Waals surface area (Å²) in [5, 5.41) is 0.931.